The van der Waals surface area contributed by atoms with Gasteiger partial charge in [-0.25, -0.2) is 0 Å². The van der Waals surface area contributed by atoms with E-state index in [1.807, 2.05) is 18.2 Å². The Morgan fingerprint density at radius 3 is 2.85 bits per heavy atom. The van der Waals surface area contributed by atoms with Gasteiger partial charge in [-0.1, -0.05) is 33.8 Å². The van der Waals surface area contributed by atoms with Crippen molar-refractivity contribution in [2.45, 2.75) is 22.6 Å². The molecule has 3 rings (SSSR count). The second kappa shape index (κ2) is 5.50. The zero-order valence-corrected chi connectivity index (χ0v) is 13.1. The standard InChI is InChI=1S/C15H13BrN2OS/c16-10-2-1-3-11(7-10)20-14-6-9-4-5-15(19)18-13(9)8-12(14)17/h1-3,6-8H,4-5,17H2,(H,18,19). The second-order valence-electron chi connectivity index (χ2n) is 4.65. The van der Waals surface area contributed by atoms with Crippen LogP contribution in [-0.2, 0) is 11.2 Å². The summed E-state index contributed by atoms with van der Waals surface area (Å²) in [4.78, 5) is 13.5. The van der Waals surface area contributed by atoms with Gasteiger partial charge in [0.15, 0.2) is 0 Å². The fourth-order valence-corrected chi connectivity index (χ4v) is 3.68. The van der Waals surface area contributed by atoms with Crippen molar-refractivity contribution in [2.75, 3.05) is 11.1 Å². The molecule has 0 saturated carbocycles. The predicted octanol–water partition coefficient (Wildman–Crippen LogP) is 4.07. The van der Waals surface area contributed by atoms with E-state index in [1.54, 1.807) is 11.8 Å². The average Bonchev–Trinajstić information content (AvgIpc) is 2.40. The van der Waals surface area contributed by atoms with E-state index in [9.17, 15) is 4.79 Å². The first-order valence-corrected chi connectivity index (χ1v) is 7.88. The van der Waals surface area contributed by atoms with Crippen LogP contribution in [0.15, 0.2) is 50.7 Å². The van der Waals surface area contributed by atoms with Crippen LogP contribution in [0.1, 0.15) is 12.0 Å². The molecule has 3 nitrogen and oxygen atoms in total. The first kappa shape index (κ1) is 13.5. The van der Waals surface area contributed by atoms with E-state index in [-0.39, 0.29) is 5.91 Å². The fourth-order valence-electron chi connectivity index (χ4n) is 2.17. The summed E-state index contributed by atoms with van der Waals surface area (Å²) in [5.41, 5.74) is 8.78. The number of aryl methyl sites for hydroxylation is 1. The summed E-state index contributed by atoms with van der Waals surface area (Å²) < 4.78 is 1.05. The quantitative estimate of drug-likeness (QED) is 0.804. The summed E-state index contributed by atoms with van der Waals surface area (Å²) in [5.74, 6) is 0.0595. The van der Waals surface area contributed by atoms with Gasteiger partial charge < -0.3 is 11.1 Å². The molecule has 0 saturated heterocycles. The van der Waals surface area contributed by atoms with E-state index in [0.29, 0.717) is 12.1 Å². The Bertz CT molecular complexity index is 688. The van der Waals surface area contributed by atoms with E-state index in [1.165, 1.54) is 0 Å². The van der Waals surface area contributed by atoms with Gasteiger partial charge in [0, 0.05) is 32.1 Å². The van der Waals surface area contributed by atoms with Crippen molar-refractivity contribution in [1.82, 2.24) is 0 Å². The van der Waals surface area contributed by atoms with E-state index in [0.717, 1.165) is 31.9 Å². The van der Waals surface area contributed by atoms with Crippen LogP contribution in [0.25, 0.3) is 0 Å². The largest absolute Gasteiger partial charge is 0.398 e. The molecule has 1 heterocycles. The summed E-state index contributed by atoms with van der Waals surface area (Å²) >= 11 is 5.10. The minimum absolute atomic E-state index is 0.0595. The Hall–Kier alpha value is -1.46. The van der Waals surface area contributed by atoms with Gasteiger partial charge in [-0.3, -0.25) is 4.79 Å². The molecule has 20 heavy (non-hydrogen) atoms. The maximum absolute atomic E-state index is 11.4. The summed E-state index contributed by atoms with van der Waals surface area (Å²) in [6, 6.07) is 12.0. The minimum Gasteiger partial charge on any atom is -0.398 e. The number of fused-ring (bicyclic) bond motifs is 1. The molecular formula is C15H13BrN2OS. The molecule has 2 aromatic carbocycles. The van der Waals surface area contributed by atoms with Crippen molar-refractivity contribution in [3.05, 3.63) is 46.4 Å². The van der Waals surface area contributed by atoms with Crippen LogP contribution in [0.2, 0.25) is 0 Å². The van der Waals surface area contributed by atoms with Crippen LogP contribution in [0.4, 0.5) is 11.4 Å². The van der Waals surface area contributed by atoms with Gasteiger partial charge in [0.2, 0.25) is 5.91 Å². The second-order valence-corrected chi connectivity index (χ2v) is 6.69. The molecule has 0 unspecified atom stereocenters. The van der Waals surface area contributed by atoms with Crippen molar-refractivity contribution < 1.29 is 4.79 Å². The van der Waals surface area contributed by atoms with Crippen LogP contribution >= 0.6 is 27.7 Å². The predicted molar refractivity (Wildman–Crippen MR) is 86.1 cm³/mol. The van der Waals surface area contributed by atoms with Gasteiger partial charge >= 0.3 is 0 Å². The van der Waals surface area contributed by atoms with E-state index < -0.39 is 0 Å². The Kier molecular flexibility index (Phi) is 3.72. The smallest absolute Gasteiger partial charge is 0.224 e. The van der Waals surface area contributed by atoms with Gasteiger partial charge in [0.1, 0.15) is 0 Å². The van der Waals surface area contributed by atoms with Crippen molar-refractivity contribution in [3.63, 3.8) is 0 Å². The van der Waals surface area contributed by atoms with Gasteiger partial charge in [0.25, 0.3) is 0 Å². The van der Waals surface area contributed by atoms with Crippen LogP contribution in [0.3, 0.4) is 0 Å². The first-order chi connectivity index (χ1) is 9.61. The Morgan fingerprint density at radius 2 is 2.05 bits per heavy atom. The van der Waals surface area contributed by atoms with Crippen molar-refractivity contribution in [3.8, 4) is 0 Å². The molecule has 0 bridgehead atoms. The summed E-state index contributed by atoms with van der Waals surface area (Å²) in [6.45, 7) is 0. The van der Waals surface area contributed by atoms with Crippen LogP contribution < -0.4 is 11.1 Å². The van der Waals surface area contributed by atoms with E-state index in [4.69, 9.17) is 5.73 Å². The number of nitrogens with one attached hydrogen (secondary N) is 1. The number of hydrogen-bond donors (Lipinski definition) is 2. The number of carbonyl (C=O) groups is 1. The molecule has 5 heteroatoms. The molecule has 0 radical (unpaired) electrons. The average molecular weight is 349 g/mol. The zero-order chi connectivity index (χ0) is 14.1. The number of anilines is 2. The molecule has 0 aliphatic carbocycles. The van der Waals surface area contributed by atoms with Crippen LogP contribution in [0, 0.1) is 0 Å². The molecule has 0 atom stereocenters. The third-order valence-electron chi connectivity index (χ3n) is 3.16. The highest BCUT2D eigenvalue weighted by Crippen LogP contribution is 2.37. The summed E-state index contributed by atoms with van der Waals surface area (Å²) in [6.07, 6.45) is 1.31. The highest BCUT2D eigenvalue weighted by molar-refractivity contribution is 9.10. The summed E-state index contributed by atoms with van der Waals surface area (Å²) in [5, 5.41) is 2.87. The first-order valence-electron chi connectivity index (χ1n) is 6.27. The lowest BCUT2D eigenvalue weighted by molar-refractivity contribution is -0.116. The molecule has 0 fully saturated rings. The monoisotopic (exact) mass is 348 g/mol. The Balaban J connectivity index is 1.92. The maximum atomic E-state index is 11.4. The number of carbonyl (C=O) groups excluding carboxylic acids is 1. The zero-order valence-electron chi connectivity index (χ0n) is 10.7. The van der Waals surface area contributed by atoms with E-state index in [2.05, 4.69) is 39.4 Å². The lowest BCUT2D eigenvalue weighted by Crippen LogP contribution is -2.19. The topological polar surface area (TPSA) is 55.1 Å². The van der Waals surface area contributed by atoms with Gasteiger partial charge in [-0.15, -0.1) is 0 Å². The number of benzene rings is 2. The Labute approximate surface area is 130 Å². The van der Waals surface area contributed by atoms with Gasteiger partial charge in [-0.05, 0) is 42.3 Å². The number of amides is 1. The normalized spacial score (nSPS) is 13.8. The molecule has 1 aliphatic heterocycles. The Morgan fingerprint density at radius 1 is 1.20 bits per heavy atom. The highest BCUT2D eigenvalue weighted by Gasteiger charge is 2.17. The van der Waals surface area contributed by atoms with Crippen molar-refractivity contribution in [1.29, 1.82) is 0 Å². The number of halogens is 1. The molecule has 0 spiro atoms. The maximum Gasteiger partial charge on any atom is 0.224 e. The molecule has 1 aliphatic rings. The minimum atomic E-state index is 0.0595. The number of nitrogens with two attached hydrogens (primary N) is 1. The fraction of sp³-hybridized carbons (Fsp3) is 0.133. The molecule has 2 aromatic rings. The van der Waals surface area contributed by atoms with E-state index >= 15 is 0 Å². The molecule has 102 valence electrons. The lowest BCUT2D eigenvalue weighted by Gasteiger charge is -2.19. The van der Waals surface area contributed by atoms with Crippen LogP contribution in [-0.4, -0.2) is 5.91 Å². The molecule has 3 N–H and O–H groups in total. The van der Waals surface area contributed by atoms with Crippen molar-refractivity contribution >= 4 is 45.0 Å². The number of hydrogen-bond acceptors (Lipinski definition) is 3. The lowest BCUT2D eigenvalue weighted by atomic mass is 10.0. The number of rotatable bonds is 2. The van der Waals surface area contributed by atoms with Gasteiger partial charge in [-0.2, -0.15) is 0 Å². The third kappa shape index (κ3) is 2.83. The molecule has 0 aromatic heterocycles. The highest BCUT2D eigenvalue weighted by atomic mass is 79.9. The molecule has 1 amide bonds. The van der Waals surface area contributed by atoms with Gasteiger partial charge in [0.05, 0.1) is 0 Å². The third-order valence-corrected chi connectivity index (χ3v) is 4.71. The molecular weight excluding hydrogens is 336 g/mol. The van der Waals surface area contributed by atoms with Crippen LogP contribution in [0.5, 0.6) is 0 Å². The number of nitrogen functional groups attached to an aromatic ring is 1. The SMILES string of the molecule is Nc1cc2c(cc1Sc1cccc(Br)c1)CCC(=O)N2. The summed E-state index contributed by atoms with van der Waals surface area (Å²) in [7, 11) is 0. The van der Waals surface area contributed by atoms with Crippen molar-refractivity contribution in [2.24, 2.45) is 0 Å².